The maximum Gasteiger partial charge on any atom is 0.201 e. The zero-order valence-corrected chi connectivity index (χ0v) is 11.4. The average Bonchev–Trinajstić information content (AvgIpc) is 2.61. The number of hydrogen-bond acceptors (Lipinski definition) is 3. The number of nitrogens with zero attached hydrogens (tertiary/aromatic N) is 2. The third-order valence-corrected chi connectivity index (χ3v) is 3.70. The van der Waals surface area contributed by atoms with Crippen LogP contribution < -0.4 is 5.73 Å². The third kappa shape index (κ3) is 2.41. The standard InChI is InChI=1S/C13H19N3S/c1-9-4-5-11-12(8-9)16(13(14)15-11)10(2)6-7-17-3/h4-5,8,10H,6-7H2,1-3H3,(H2,14,15). The lowest BCUT2D eigenvalue weighted by Crippen LogP contribution is -2.09. The minimum Gasteiger partial charge on any atom is -0.369 e. The number of fused-ring (bicyclic) bond motifs is 1. The van der Waals surface area contributed by atoms with Gasteiger partial charge in [0.05, 0.1) is 11.0 Å². The van der Waals surface area contributed by atoms with Gasteiger partial charge in [0.2, 0.25) is 5.95 Å². The molecule has 0 spiro atoms. The van der Waals surface area contributed by atoms with Crippen LogP contribution >= 0.6 is 11.8 Å². The Balaban J connectivity index is 2.44. The van der Waals surface area contributed by atoms with Crippen LogP contribution in [0.15, 0.2) is 18.2 Å². The van der Waals surface area contributed by atoms with Crippen molar-refractivity contribution in [3.8, 4) is 0 Å². The lowest BCUT2D eigenvalue weighted by molar-refractivity contribution is 0.556. The van der Waals surface area contributed by atoms with Crippen molar-refractivity contribution in [2.45, 2.75) is 26.3 Å². The third-order valence-electron chi connectivity index (χ3n) is 3.05. The zero-order valence-electron chi connectivity index (χ0n) is 10.6. The number of nitrogens with two attached hydrogens (primary N) is 1. The van der Waals surface area contributed by atoms with Crippen LogP contribution in [0.5, 0.6) is 0 Å². The Morgan fingerprint density at radius 3 is 2.94 bits per heavy atom. The Morgan fingerprint density at radius 2 is 2.24 bits per heavy atom. The van der Waals surface area contributed by atoms with Crippen molar-refractivity contribution < 1.29 is 0 Å². The fourth-order valence-electron chi connectivity index (χ4n) is 2.10. The van der Waals surface area contributed by atoms with Gasteiger partial charge in [-0.1, -0.05) is 6.07 Å². The van der Waals surface area contributed by atoms with Gasteiger partial charge in [0.15, 0.2) is 0 Å². The molecule has 4 heteroatoms. The van der Waals surface area contributed by atoms with Crippen LogP contribution in [0.4, 0.5) is 5.95 Å². The van der Waals surface area contributed by atoms with Crippen molar-refractivity contribution >= 4 is 28.7 Å². The minimum absolute atomic E-state index is 0.397. The Kier molecular flexibility index (Phi) is 3.62. The predicted molar refractivity (Wildman–Crippen MR) is 76.6 cm³/mol. The first-order valence-electron chi connectivity index (χ1n) is 5.86. The normalized spacial score (nSPS) is 13.1. The molecule has 0 aliphatic heterocycles. The van der Waals surface area contributed by atoms with Crippen molar-refractivity contribution in [3.63, 3.8) is 0 Å². The van der Waals surface area contributed by atoms with Gasteiger partial charge in [-0.05, 0) is 50.0 Å². The van der Waals surface area contributed by atoms with Gasteiger partial charge in [0.25, 0.3) is 0 Å². The molecule has 0 aliphatic rings. The molecule has 1 heterocycles. The van der Waals surface area contributed by atoms with Gasteiger partial charge < -0.3 is 10.3 Å². The summed E-state index contributed by atoms with van der Waals surface area (Å²) in [6.07, 6.45) is 3.25. The number of rotatable bonds is 4. The van der Waals surface area contributed by atoms with Gasteiger partial charge in [-0.3, -0.25) is 0 Å². The molecule has 0 fully saturated rings. The van der Waals surface area contributed by atoms with E-state index in [-0.39, 0.29) is 0 Å². The SMILES string of the molecule is CSCCC(C)n1c(N)nc2ccc(C)cc21. The molecule has 0 saturated carbocycles. The first kappa shape index (κ1) is 12.3. The molecule has 0 radical (unpaired) electrons. The van der Waals surface area contributed by atoms with Crippen LogP contribution in [-0.4, -0.2) is 21.6 Å². The Morgan fingerprint density at radius 1 is 1.47 bits per heavy atom. The predicted octanol–water partition coefficient (Wildman–Crippen LogP) is 3.24. The molecule has 1 aromatic heterocycles. The molecule has 0 bridgehead atoms. The van der Waals surface area contributed by atoms with Gasteiger partial charge in [-0.2, -0.15) is 11.8 Å². The lowest BCUT2D eigenvalue weighted by Gasteiger charge is -2.15. The van der Waals surface area contributed by atoms with E-state index in [1.54, 1.807) is 0 Å². The number of aromatic nitrogens is 2. The minimum atomic E-state index is 0.397. The van der Waals surface area contributed by atoms with Gasteiger partial charge in [0, 0.05) is 6.04 Å². The highest BCUT2D eigenvalue weighted by atomic mass is 32.2. The van der Waals surface area contributed by atoms with Crippen LogP contribution in [0.2, 0.25) is 0 Å². The largest absolute Gasteiger partial charge is 0.369 e. The van der Waals surface area contributed by atoms with E-state index in [4.69, 9.17) is 5.73 Å². The summed E-state index contributed by atoms with van der Waals surface area (Å²) < 4.78 is 2.15. The van der Waals surface area contributed by atoms with Crippen LogP contribution in [0.1, 0.15) is 24.9 Å². The average molecular weight is 249 g/mol. The van der Waals surface area contributed by atoms with E-state index in [1.165, 1.54) is 5.56 Å². The smallest absolute Gasteiger partial charge is 0.201 e. The molecule has 1 unspecified atom stereocenters. The highest BCUT2D eigenvalue weighted by molar-refractivity contribution is 7.98. The van der Waals surface area contributed by atoms with E-state index >= 15 is 0 Å². The van der Waals surface area contributed by atoms with Crippen LogP contribution in [0, 0.1) is 6.92 Å². The summed E-state index contributed by atoms with van der Waals surface area (Å²) in [5.41, 5.74) is 9.41. The molecular formula is C13H19N3S. The Bertz CT molecular complexity index is 519. The summed E-state index contributed by atoms with van der Waals surface area (Å²) in [6, 6.07) is 6.67. The molecule has 2 rings (SSSR count). The number of nitrogen functional groups attached to an aromatic ring is 1. The number of imidazole rings is 1. The van der Waals surface area contributed by atoms with Crippen LogP contribution in [0.3, 0.4) is 0 Å². The first-order chi connectivity index (χ1) is 8.13. The molecule has 1 aromatic carbocycles. The second-order valence-corrected chi connectivity index (χ2v) is 5.45. The number of aryl methyl sites for hydroxylation is 1. The monoisotopic (exact) mass is 249 g/mol. The van der Waals surface area contributed by atoms with Gasteiger partial charge in [-0.15, -0.1) is 0 Å². The molecular weight excluding hydrogens is 230 g/mol. The maximum atomic E-state index is 6.02. The Labute approximate surface area is 106 Å². The van der Waals surface area contributed by atoms with Crippen molar-refractivity contribution in [2.75, 3.05) is 17.7 Å². The maximum absolute atomic E-state index is 6.02. The van der Waals surface area contributed by atoms with Crippen molar-refractivity contribution in [2.24, 2.45) is 0 Å². The molecule has 0 saturated heterocycles. The highest BCUT2D eigenvalue weighted by Gasteiger charge is 2.13. The highest BCUT2D eigenvalue weighted by Crippen LogP contribution is 2.25. The second kappa shape index (κ2) is 5.00. The summed E-state index contributed by atoms with van der Waals surface area (Å²) in [6.45, 7) is 4.30. The molecule has 3 nitrogen and oxygen atoms in total. The summed E-state index contributed by atoms with van der Waals surface area (Å²) in [5, 5.41) is 0. The summed E-state index contributed by atoms with van der Waals surface area (Å²) >= 11 is 1.87. The van der Waals surface area contributed by atoms with E-state index in [2.05, 4.69) is 41.8 Å². The van der Waals surface area contributed by atoms with E-state index in [0.717, 1.165) is 23.2 Å². The number of hydrogen-bond donors (Lipinski definition) is 1. The number of benzene rings is 1. The van der Waals surface area contributed by atoms with E-state index in [0.29, 0.717) is 12.0 Å². The van der Waals surface area contributed by atoms with Crippen molar-refractivity contribution in [1.29, 1.82) is 0 Å². The summed E-state index contributed by atoms with van der Waals surface area (Å²) in [5.74, 6) is 1.77. The second-order valence-electron chi connectivity index (χ2n) is 4.46. The first-order valence-corrected chi connectivity index (χ1v) is 7.26. The molecule has 17 heavy (non-hydrogen) atoms. The molecule has 92 valence electrons. The fraction of sp³-hybridized carbons (Fsp3) is 0.462. The van der Waals surface area contributed by atoms with E-state index < -0.39 is 0 Å². The van der Waals surface area contributed by atoms with E-state index in [1.807, 2.05) is 17.8 Å². The molecule has 0 aliphatic carbocycles. The van der Waals surface area contributed by atoms with Crippen LogP contribution in [0.25, 0.3) is 11.0 Å². The van der Waals surface area contributed by atoms with Gasteiger partial charge in [0.1, 0.15) is 0 Å². The molecule has 0 amide bonds. The van der Waals surface area contributed by atoms with Gasteiger partial charge >= 0.3 is 0 Å². The zero-order chi connectivity index (χ0) is 12.4. The number of thioether (sulfide) groups is 1. The van der Waals surface area contributed by atoms with Gasteiger partial charge in [-0.25, -0.2) is 4.98 Å². The topological polar surface area (TPSA) is 43.8 Å². The van der Waals surface area contributed by atoms with Crippen molar-refractivity contribution in [1.82, 2.24) is 9.55 Å². The Hall–Kier alpha value is -1.16. The van der Waals surface area contributed by atoms with E-state index in [9.17, 15) is 0 Å². The van der Waals surface area contributed by atoms with Crippen LogP contribution in [-0.2, 0) is 0 Å². The molecule has 2 aromatic rings. The lowest BCUT2D eigenvalue weighted by atomic mass is 10.2. The molecule has 1 atom stereocenters. The summed E-state index contributed by atoms with van der Waals surface area (Å²) in [7, 11) is 0. The molecule has 2 N–H and O–H groups in total. The summed E-state index contributed by atoms with van der Waals surface area (Å²) in [4.78, 5) is 4.42. The quantitative estimate of drug-likeness (QED) is 0.904. The van der Waals surface area contributed by atoms with Crippen molar-refractivity contribution in [3.05, 3.63) is 23.8 Å². The fourth-order valence-corrected chi connectivity index (χ4v) is 2.68. The number of anilines is 1.